The molecule has 0 saturated heterocycles. The molecule has 2 unspecified atom stereocenters. The number of thiazole rings is 1. The van der Waals surface area contributed by atoms with Crippen molar-refractivity contribution in [2.75, 3.05) is 5.32 Å². The molecule has 0 amide bonds. The van der Waals surface area contributed by atoms with E-state index in [1.165, 1.54) is 6.07 Å². The second-order valence-electron chi connectivity index (χ2n) is 8.75. The number of aromatic nitrogens is 1. The molecule has 5 rings (SSSR count). The average Bonchev–Trinajstić information content (AvgIpc) is 3.47. The fourth-order valence-corrected chi connectivity index (χ4v) is 5.88. The van der Waals surface area contributed by atoms with Crippen LogP contribution in [0.25, 0.3) is 10.2 Å². The number of halogens is 2. The largest absolute Gasteiger partial charge is 0.481 e. The summed E-state index contributed by atoms with van der Waals surface area (Å²) in [6.07, 6.45) is 8.89. The van der Waals surface area contributed by atoms with E-state index in [-0.39, 0.29) is 22.3 Å². The second kappa shape index (κ2) is 8.76. The number of carboxylic acid groups (broad SMARTS) is 1. The Morgan fingerprint density at radius 2 is 1.76 bits per heavy atom. The minimum Gasteiger partial charge on any atom is -0.481 e. The summed E-state index contributed by atoms with van der Waals surface area (Å²) in [6, 6.07) is 11.8. The first-order valence-corrected chi connectivity index (χ1v) is 11.9. The average molecular weight is 481 g/mol. The number of fused-ring (bicyclic) bond motifs is 1. The zero-order valence-corrected chi connectivity index (χ0v) is 18.9. The lowest BCUT2D eigenvalue weighted by Gasteiger charge is -2.34. The van der Waals surface area contributed by atoms with Gasteiger partial charge in [0.2, 0.25) is 0 Å². The van der Waals surface area contributed by atoms with Crippen molar-refractivity contribution < 1.29 is 23.5 Å². The van der Waals surface area contributed by atoms with E-state index in [0.29, 0.717) is 24.0 Å². The van der Waals surface area contributed by atoms with Gasteiger partial charge in [-0.3, -0.25) is 9.59 Å². The predicted molar refractivity (Wildman–Crippen MR) is 127 cm³/mol. The molecule has 1 heterocycles. The molecule has 2 aliphatic rings. The number of Topliss-reactive ketones (excluding diaryl/α,β-unsaturated/α-hetero) is 1. The van der Waals surface area contributed by atoms with Gasteiger partial charge in [-0.05, 0) is 24.5 Å². The SMILES string of the molecule is O=C(O)C1CCCC1C(=O)C1(Nc2nc3c(F)cc(F)cc3s2)C=CC(c2ccccc2)C=C1. The standard InChI is InChI=1S/C26H22F2N2O3S/c27-17-13-20(28)22-21(14-17)34-25(29-22)30-26(23(31)18-7-4-8-19(18)24(32)33)11-9-16(10-12-26)15-5-2-1-3-6-15/h1-3,5-6,9-14,16,18-19H,4,7-8H2,(H,29,30)(H,32,33). The highest BCUT2D eigenvalue weighted by Gasteiger charge is 2.46. The van der Waals surface area contributed by atoms with E-state index >= 15 is 0 Å². The van der Waals surface area contributed by atoms with Crippen LogP contribution in [0.3, 0.4) is 0 Å². The number of rotatable bonds is 6. The van der Waals surface area contributed by atoms with Gasteiger partial charge in [0.25, 0.3) is 0 Å². The van der Waals surface area contributed by atoms with Gasteiger partial charge in [-0.2, -0.15) is 0 Å². The van der Waals surface area contributed by atoms with Crippen molar-refractivity contribution in [1.29, 1.82) is 0 Å². The molecule has 2 N–H and O–H groups in total. The molecular weight excluding hydrogens is 458 g/mol. The Labute approximate surface area is 198 Å². The number of nitrogens with one attached hydrogen (secondary N) is 1. The van der Waals surface area contributed by atoms with Crippen LogP contribution in [-0.4, -0.2) is 27.4 Å². The number of benzene rings is 2. The molecule has 1 fully saturated rings. The summed E-state index contributed by atoms with van der Waals surface area (Å²) in [5.74, 6) is -4.18. The lowest BCUT2D eigenvalue weighted by molar-refractivity contribution is -0.146. The van der Waals surface area contributed by atoms with Gasteiger partial charge in [-0.25, -0.2) is 13.8 Å². The first-order valence-electron chi connectivity index (χ1n) is 11.1. The van der Waals surface area contributed by atoms with Crippen molar-refractivity contribution in [3.8, 4) is 0 Å². The van der Waals surface area contributed by atoms with Crippen LogP contribution >= 0.6 is 11.3 Å². The number of nitrogens with zero attached hydrogens (tertiary/aromatic N) is 1. The molecule has 5 nitrogen and oxygen atoms in total. The third-order valence-electron chi connectivity index (χ3n) is 6.62. The molecule has 8 heteroatoms. The van der Waals surface area contributed by atoms with E-state index in [2.05, 4.69) is 10.3 Å². The first-order chi connectivity index (χ1) is 16.4. The van der Waals surface area contributed by atoms with E-state index < -0.39 is 35.0 Å². The molecular formula is C26H22F2N2O3S. The highest BCUT2D eigenvalue weighted by atomic mass is 32.1. The maximum Gasteiger partial charge on any atom is 0.307 e. The molecule has 0 bridgehead atoms. The molecule has 0 radical (unpaired) electrons. The van der Waals surface area contributed by atoms with E-state index in [0.717, 1.165) is 23.0 Å². The number of hydrogen-bond acceptors (Lipinski definition) is 5. The van der Waals surface area contributed by atoms with Crippen LogP contribution in [0.4, 0.5) is 13.9 Å². The zero-order valence-electron chi connectivity index (χ0n) is 18.1. The van der Waals surface area contributed by atoms with Crippen LogP contribution in [0.1, 0.15) is 30.7 Å². The van der Waals surface area contributed by atoms with Gasteiger partial charge in [-0.15, -0.1) is 0 Å². The van der Waals surface area contributed by atoms with Gasteiger partial charge in [0.05, 0.1) is 10.6 Å². The number of carbonyl (C=O) groups excluding carboxylic acids is 1. The maximum atomic E-state index is 14.2. The zero-order chi connectivity index (χ0) is 23.9. The number of allylic oxidation sites excluding steroid dienone is 2. The summed E-state index contributed by atoms with van der Waals surface area (Å²) in [5, 5.41) is 13.0. The van der Waals surface area contributed by atoms with Crippen LogP contribution in [0.15, 0.2) is 66.8 Å². The number of aliphatic carboxylic acids is 1. The van der Waals surface area contributed by atoms with Crippen molar-refractivity contribution in [3.05, 3.63) is 84.0 Å². The van der Waals surface area contributed by atoms with Gasteiger partial charge in [0, 0.05) is 17.9 Å². The Bertz CT molecular complexity index is 1300. The van der Waals surface area contributed by atoms with Gasteiger partial charge in [-0.1, -0.05) is 72.4 Å². The van der Waals surface area contributed by atoms with E-state index in [4.69, 9.17) is 0 Å². The number of anilines is 1. The first kappa shape index (κ1) is 22.4. The number of carbonyl (C=O) groups is 2. The fourth-order valence-electron chi connectivity index (χ4n) is 4.90. The van der Waals surface area contributed by atoms with E-state index in [1.54, 1.807) is 12.2 Å². The van der Waals surface area contributed by atoms with Crippen LogP contribution < -0.4 is 5.32 Å². The summed E-state index contributed by atoms with van der Waals surface area (Å²) in [4.78, 5) is 29.9. The Balaban J connectivity index is 1.53. The highest BCUT2D eigenvalue weighted by Crippen LogP contribution is 2.40. The summed E-state index contributed by atoms with van der Waals surface area (Å²) < 4.78 is 28.2. The van der Waals surface area contributed by atoms with Gasteiger partial charge < -0.3 is 10.4 Å². The molecule has 1 saturated carbocycles. The van der Waals surface area contributed by atoms with Crippen molar-refractivity contribution in [2.45, 2.75) is 30.7 Å². The third-order valence-corrected chi connectivity index (χ3v) is 7.54. The maximum absolute atomic E-state index is 14.2. The Kier molecular flexibility index (Phi) is 5.77. The molecule has 174 valence electrons. The minimum atomic E-state index is -1.34. The normalized spacial score (nSPS) is 26.1. The van der Waals surface area contributed by atoms with Crippen molar-refractivity contribution in [2.24, 2.45) is 11.8 Å². The second-order valence-corrected chi connectivity index (χ2v) is 9.78. The lowest BCUT2D eigenvalue weighted by Crippen LogP contribution is -2.48. The third kappa shape index (κ3) is 4.03. The number of ketones is 1. The van der Waals surface area contributed by atoms with Crippen LogP contribution in [-0.2, 0) is 9.59 Å². The minimum absolute atomic E-state index is 0.0201. The highest BCUT2D eigenvalue weighted by molar-refractivity contribution is 7.22. The monoisotopic (exact) mass is 480 g/mol. The molecule has 0 aliphatic heterocycles. The Morgan fingerprint density at radius 3 is 2.47 bits per heavy atom. The van der Waals surface area contributed by atoms with Crippen LogP contribution in [0.5, 0.6) is 0 Å². The quantitative estimate of drug-likeness (QED) is 0.442. The van der Waals surface area contributed by atoms with Crippen molar-refractivity contribution >= 4 is 38.4 Å². The van der Waals surface area contributed by atoms with Crippen molar-refractivity contribution in [1.82, 2.24) is 4.98 Å². The molecule has 2 aliphatic carbocycles. The van der Waals surface area contributed by atoms with E-state index in [9.17, 15) is 23.5 Å². The molecule has 2 aromatic carbocycles. The van der Waals surface area contributed by atoms with Crippen LogP contribution in [0.2, 0.25) is 0 Å². The fraction of sp³-hybridized carbons (Fsp3) is 0.269. The van der Waals surface area contributed by atoms with E-state index in [1.807, 2.05) is 42.5 Å². The van der Waals surface area contributed by atoms with Gasteiger partial charge >= 0.3 is 5.97 Å². The number of carboxylic acids is 1. The van der Waals surface area contributed by atoms with Crippen molar-refractivity contribution in [3.63, 3.8) is 0 Å². The summed E-state index contributed by atoms with van der Waals surface area (Å²) >= 11 is 1.04. The molecule has 0 spiro atoms. The Hall–Kier alpha value is -3.39. The molecule has 2 atom stereocenters. The summed E-state index contributed by atoms with van der Waals surface area (Å²) in [6.45, 7) is 0. The molecule has 1 aromatic heterocycles. The van der Waals surface area contributed by atoms with Gasteiger partial charge in [0.1, 0.15) is 16.9 Å². The number of hydrogen-bond donors (Lipinski definition) is 2. The predicted octanol–water partition coefficient (Wildman–Crippen LogP) is 5.71. The van der Waals surface area contributed by atoms with Gasteiger partial charge in [0.15, 0.2) is 16.7 Å². The smallest absolute Gasteiger partial charge is 0.307 e. The van der Waals surface area contributed by atoms with Crippen LogP contribution in [0, 0.1) is 23.5 Å². The Morgan fingerprint density at radius 1 is 1.06 bits per heavy atom. The lowest BCUT2D eigenvalue weighted by atomic mass is 9.76. The molecule has 34 heavy (non-hydrogen) atoms. The molecule has 3 aromatic rings. The summed E-state index contributed by atoms with van der Waals surface area (Å²) in [5.41, 5.74) is -0.263. The summed E-state index contributed by atoms with van der Waals surface area (Å²) in [7, 11) is 0. The topological polar surface area (TPSA) is 79.3 Å².